The third-order valence-corrected chi connectivity index (χ3v) is 4.17. The van der Waals surface area contributed by atoms with Crippen LogP contribution in [0.15, 0.2) is 24.3 Å². The minimum atomic E-state index is 0.341. The second kappa shape index (κ2) is 5.17. The molecule has 1 aromatic heterocycles. The van der Waals surface area contributed by atoms with Gasteiger partial charge in [-0.05, 0) is 37.2 Å². The van der Waals surface area contributed by atoms with E-state index in [0.29, 0.717) is 11.1 Å². The van der Waals surface area contributed by atoms with Gasteiger partial charge in [-0.2, -0.15) is 0 Å². The minimum absolute atomic E-state index is 0.341. The summed E-state index contributed by atoms with van der Waals surface area (Å²) in [4.78, 5) is 9.09. The summed E-state index contributed by atoms with van der Waals surface area (Å²) >= 11 is 6.32. The Balaban J connectivity index is 1.97. The first-order chi connectivity index (χ1) is 9.56. The lowest BCUT2D eigenvalue weighted by Crippen LogP contribution is -2.01. The summed E-state index contributed by atoms with van der Waals surface area (Å²) in [6, 6.07) is 8.59. The highest BCUT2D eigenvalue weighted by Gasteiger charge is 2.23. The van der Waals surface area contributed by atoms with Gasteiger partial charge in [0.1, 0.15) is 5.15 Å². The Morgan fingerprint density at radius 2 is 1.75 bits per heavy atom. The molecule has 1 aliphatic rings. The van der Waals surface area contributed by atoms with Crippen molar-refractivity contribution in [1.82, 2.24) is 9.97 Å². The van der Waals surface area contributed by atoms with Gasteiger partial charge in [0, 0.05) is 16.8 Å². The Morgan fingerprint density at radius 1 is 1.10 bits per heavy atom. The predicted molar refractivity (Wildman–Crippen MR) is 83.3 cm³/mol. The summed E-state index contributed by atoms with van der Waals surface area (Å²) < 4.78 is 0. The maximum Gasteiger partial charge on any atom is 0.161 e. The normalized spacial score (nSPS) is 14.8. The Kier molecular flexibility index (Phi) is 3.51. The van der Waals surface area contributed by atoms with Crippen molar-refractivity contribution >= 4 is 11.6 Å². The Labute approximate surface area is 125 Å². The van der Waals surface area contributed by atoms with Crippen LogP contribution < -0.4 is 0 Å². The van der Waals surface area contributed by atoms with E-state index in [4.69, 9.17) is 11.6 Å². The number of hydrogen-bond acceptors (Lipinski definition) is 2. The molecule has 104 valence electrons. The molecule has 0 bridgehead atoms. The van der Waals surface area contributed by atoms with Crippen molar-refractivity contribution in [3.63, 3.8) is 0 Å². The van der Waals surface area contributed by atoms with Crippen molar-refractivity contribution < 1.29 is 0 Å². The first-order valence-electron chi connectivity index (χ1n) is 7.20. The summed E-state index contributed by atoms with van der Waals surface area (Å²) in [5.41, 5.74) is 4.48. The predicted octanol–water partition coefficient (Wildman–Crippen LogP) is 5.11. The quantitative estimate of drug-likeness (QED) is 0.733. The molecule has 0 saturated heterocycles. The Hall–Kier alpha value is -1.41. The zero-order chi connectivity index (χ0) is 14.3. The van der Waals surface area contributed by atoms with Crippen molar-refractivity contribution in [2.75, 3.05) is 0 Å². The minimum Gasteiger partial charge on any atom is -0.233 e. The second-order valence-corrected chi connectivity index (χ2v) is 6.25. The number of halogens is 1. The molecule has 1 aromatic carbocycles. The average molecular weight is 287 g/mol. The van der Waals surface area contributed by atoms with Crippen molar-refractivity contribution in [2.24, 2.45) is 0 Å². The van der Waals surface area contributed by atoms with Crippen LogP contribution in [-0.2, 0) is 0 Å². The molecule has 0 aliphatic heterocycles. The van der Waals surface area contributed by atoms with E-state index in [2.05, 4.69) is 48.1 Å². The first-order valence-corrected chi connectivity index (χ1v) is 7.58. The number of hydrogen-bond donors (Lipinski definition) is 0. The summed E-state index contributed by atoms with van der Waals surface area (Å²) in [6.07, 6.45) is 2.65. The van der Waals surface area contributed by atoms with Crippen molar-refractivity contribution in [2.45, 2.75) is 45.4 Å². The van der Waals surface area contributed by atoms with E-state index in [1.807, 2.05) is 6.92 Å². The zero-order valence-electron chi connectivity index (χ0n) is 12.2. The van der Waals surface area contributed by atoms with Crippen LogP contribution in [0.5, 0.6) is 0 Å². The van der Waals surface area contributed by atoms with Gasteiger partial charge in [0.2, 0.25) is 0 Å². The van der Waals surface area contributed by atoms with Crippen LogP contribution >= 0.6 is 11.6 Å². The third kappa shape index (κ3) is 2.57. The maximum absolute atomic E-state index is 6.32. The highest BCUT2D eigenvalue weighted by molar-refractivity contribution is 6.30. The number of benzene rings is 1. The molecule has 0 radical (unpaired) electrons. The molecule has 0 unspecified atom stereocenters. The largest absolute Gasteiger partial charge is 0.233 e. The zero-order valence-corrected chi connectivity index (χ0v) is 12.9. The van der Waals surface area contributed by atoms with Gasteiger partial charge >= 0.3 is 0 Å². The van der Waals surface area contributed by atoms with E-state index in [1.54, 1.807) is 0 Å². The SMILES string of the molecule is Cc1nc(-c2ccc(C3CC3)cc2)nc(Cl)c1C(C)C. The van der Waals surface area contributed by atoms with Crippen LogP contribution in [-0.4, -0.2) is 9.97 Å². The van der Waals surface area contributed by atoms with E-state index in [-0.39, 0.29) is 0 Å². The van der Waals surface area contributed by atoms with E-state index in [9.17, 15) is 0 Å². The van der Waals surface area contributed by atoms with Gasteiger partial charge in [-0.1, -0.05) is 49.7 Å². The lowest BCUT2D eigenvalue weighted by molar-refractivity contribution is 0.831. The molecule has 0 N–H and O–H groups in total. The highest BCUT2D eigenvalue weighted by Crippen LogP contribution is 2.40. The van der Waals surface area contributed by atoms with Gasteiger partial charge in [0.15, 0.2) is 5.82 Å². The average Bonchev–Trinajstić information content (AvgIpc) is 3.22. The molecule has 2 nitrogen and oxygen atoms in total. The molecule has 0 amide bonds. The fraction of sp³-hybridized carbons (Fsp3) is 0.412. The van der Waals surface area contributed by atoms with Gasteiger partial charge in [-0.15, -0.1) is 0 Å². The molecule has 1 saturated carbocycles. The molecule has 3 rings (SSSR count). The molecule has 0 spiro atoms. The molecular formula is C17H19ClN2. The summed E-state index contributed by atoms with van der Waals surface area (Å²) in [7, 11) is 0. The third-order valence-electron chi connectivity index (χ3n) is 3.88. The summed E-state index contributed by atoms with van der Waals surface area (Å²) in [5, 5.41) is 0.578. The topological polar surface area (TPSA) is 25.8 Å². The molecule has 20 heavy (non-hydrogen) atoms. The standard InChI is InChI=1S/C17H19ClN2/c1-10(2)15-11(3)19-17(20-16(15)18)14-8-6-13(7-9-14)12-4-5-12/h6-10,12H,4-5H2,1-3H3. The Morgan fingerprint density at radius 3 is 2.25 bits per heavy atom. The molecular weight excluding hydrogens is 268 g/mol. The van der Waals surface area contributed by atoms with Crippen molar-refractivity contribution in [1.29, 1.82) is 0 Å². The van der Waals surface area contributed by atoms with Crippen LogP contribution in [0.3, 0.4) is 0 Å². The Bertz CT molecular complexity index is 605. The van der Waals surface area contributed by atoms with Gasteiger partial charge < -0.3 is 0 Å². The number of aryl methyl sites for hydroxylation is 1. The van der Waals surface area contributed by atoms with E-state index >= 15 is 0 Å². The van der Waals surface area contributed by atoms with Crippen LogP contribution in [0.2, 0.25) is 5.15 Å². The first kappa shape index (κ1) is 13.6. The number of aromatic nitrogens is 2. The summed E-state index contributed by atoms with van der Waals surface area (Å²) in [5.74, 6) is 1.84. The number of nitrogens with zero attached hydrogens (tertiary/aromatic N) is 2. The van der Waals surface area contributed by atoms with E-state index in [0.717, 1.165) is 28.6 Å². The molecule has 1 fully saturated rings. The van der Waals surface area contributed by atoms with E-state index in [1.165, 1.54) is 18.4 Å². The van der Waals surface area contributed by atoms with Crippen LogP contribution in [0.1, 0.15) is 55.3 Å². The molecule has 1 aliphatic carbocycles. The molecule has 3 heteroatoms. The van der Waals surface area contributed by atoms with Gasteiger partial charge in [0.25, 0.3) is 0 Å². The summed E-state index contributed by atoms with van der Waals surface area (Å²) in [6.45, 7) is 6.23. The van der Waals surface area contributed by atoms with Gasteiger partial charge in [-0.3, -0.25) is 0 Å². The lowest BCUT2D eigenvalue weighted by atomic mass is 10.0. The molecule has 1 heterocycles. The van der Waals surface area contributed by atoms with Crippen molar-refractivity contribution in [3.05, 3.63) is 46.2 Å². The fourth-order valence-electron chi connectivity index (χ4n) is 2.65. The van der Waals surface area contributed by atoms with Crippen LogP contribution in [0, 0.1) is 6.92 Å². The van der Waals surface area contributed by atoms with Gasteiger partial charge in [-0.25, -0.2) is 9.97 Å². The number of rotatable bonds is 3. The van der Waals surface area contributed by atoms with Gasteiger partial charge in [0.05, 0.1) is 0 Å². The highest BCUT2D eigenvalue weighted by atomic mass is 35.5. The monoisotopic (exact) mass is 286 g/mol. The van der Waals surface area contributed by atoms with E-state index < -0.39 is 0 Å². The fourth-order valence-corrected chi connectivity index (χ4v) is 3.09. The van der Waals surface area contributed by atoms with Crippen LogP contribution in [0.4, 0.5) is 0 Å². The smallest absolute Gasteiger partial charge is 0.161 e. The second-order valence-electron chi connectivity index (χ2n) is 5.89. The molecule has 2 aromatic rings. The lowest BCUT2D eigenvalue weighted by Gasteiger charge is -2.12. The van der Waals surface area contributed by atoms with Crippen molar-refractivity contribution in [3.8, 4) is 11.4 Å². The maximum atomic E-state index is 6.32. The van der Waals surface area contributed by atoms with Crippen LogP contribution in [0.25, 0.3) is 11.4 Å². The molecule has 0 atom stereocenters.